The standard InChI is InChI=1S/C23H32N2O2/c1-16(14-17-8-6-5-7-9-17)20-15-21(20)24-18-10-12-19(13-11-18)25-22(26)27-23(2,3)4/h5-10,12,14,18-21,24H,11,13,15H2,1-4H3,(H,25,26)/b16-14+. The van der Waals surface area contributed by atoms with Crippen molar-refractivity contribution in [2.75, 3.05) is 0 Å². The van der Waals surface area contributed by atoms with Crippen LogP contribution < -0.4 is 10.6 Å². The maximum Gasteiger partial charge on any atom is 0.408 e. The molecule has 0 aromatic heterocycles. The van der Waals surface area contributed by atoms with E-state index in [1.807, 2.05) is 20.8 Å². The average Bonchev–Trinajstić information content (AvgIpc) is 3.35. The van der Waals surface area contributed by atoms with E-state index in [9.17, 15) is 4.79 Å². The number of carbonyl (C=O) groups excluding carboxylic acids is 1. The highest BCUT2D eigenvalue weighted by atomic mass is 16.6. The Bertz CT molecular complexity index is 703. The monoisotopic (exact) mass is 368 g/mol. The summed E-state index contributed by atoms with van der Waals surface area (Å²) in [5.41, 5.74) is 2.26. The van der Waals surface area contributed by atoms with Gasteiger partial charge < -0.3 is 15.4 Å². The van der Waals surface area contributed by atoms with Gasteiger partial charge in [-0.15, -0.1) is 0 Å². The number of hydrogen-bond donors (Lipinski definition) is 2. The molecule has 4 heteroatoms. The summed E-state index contributed by atoms with van der Waals surface area (Å²) in [6.07, 6.45) is 9.41. The van der Waals surface area contributed by atoms with Gasteiger partial charge in [-0.05, 0) is 58.4 Å². The van der Waals surface area contributed by atoms with Gasteiger partial charge >= 0.3 is 6.09 Å². The van der Waals surface area contributed by atoms with E-state index >= 15 is 0 Å². The van der Waals surface area contributed by atoms with Crippen molar-refractivity contribution in [1.29, 1.82) is 0 Å². The third-order valence-electron chi connectivity index (χ3n) is 5.06. The van der Waals surface area contributed by atoms with Gasteiger partial charge in [-0.2, -0.15) is 0 Å². The molecule has 3 rings (SSSR count). The Morgan fingerprint density at radius 3 is 2.41 bits per heavy atom. The number of amides is 1. The normalized spacial score (nSPS) is 27.9. The van der Waals surface area contributed by atoms with E-state index in [1.165, 1.54) is 17.6 Å². The van der Waals surface area contributed by atoms with E-state index in [0.717, 1.165) is 12.8 Å². The Morgan fingerprint density at radius 1 is 1.11 bits per heavy atom. The second kappa shape index (κ2) is 8.30. The van der Waals surface area contributed by atoms with Crippen LogP contribution in [0.1, 0.15) is 52.5 Å². The third kappa shape index (κ3) is 6.24. The van der Waals surface area contributed by atoms with E-state index in [2.05, 4.69) is 66.1 Å². The van der Waals surface area contributed by atoms with Gasteiger partial charge in [-0.25, -0.2) is 4.79 Å². The lowest BCUT2D eigenvalue weighted by Gasteiger charge is -2.26. The number of benzene rings is 1. The summed E-state index contributed by atoms with van der Waals surface area (Å²) in [7, 11) is 0. The molecule has 4 atom stereocenters. The Labute approximate surface area is 163 Å². The molecule has 0 aliphatic heterocycles. The largest absolute Gasteiger partial charge is 0.444 e. The molecule has 0 bridgehead atoms. The molecule has 146 valence electrons. The van der Waals surface area contributed by atoms with Gasteiger partial charge in [0.05, 0.1) is 6.04 Å². The van der Waals surface area contributed by atoms with Crippen molar-refractivity contribution in [3.63, 3.8) is 0 Å². The van der Waals surface area contributed by atoms with Crippen molar-refractivity contribution in [2.45, 2.75) is 70.7 Å². The summed E-state index contributed by atoms with van der Waals surface area (Å²) in [6.45, 7) is 7.87. The smallest absolute Gasteiger partial charge is 0.408 e. The number of alkyl carbamates (subject to hydrolysis) is 1. The Hall–Kier alpha value is -2.07. The quantitative estimate of drug-likeness (QED) is 0.742. The van der Waals surface area contributed by atoms with Crippen LogP contribution in [0.15, 0.2) is 48.1 Å². The van der Waals surface area contributed by atoms with E-state index in [-0.39, 0.29) is 12.1 Å². The van der Waals surface area contributed by atoms with Gasteiger partial charge in [0.1, 0.15) is 5.60 Å². The number of carbonyl (C=O) groups is 1. The summed E-state index contributed by atoms with van der Waals surface area (Å²) in [6, 6.07) is 11.5. The molecule has 0 heterocycles. The van der Waals surface area contributed by atoms with Gasteiger partial charge in [-0.3, -0.25) is 0 Å². The average molecular weight is 369 g/mol. The summed E-state index contributed by atoms with van der Waals surface area (Å²) in [5.74, 6) is 0.635. The molecule has 1 fully saturated rings. The number of ether oxygens (including phenoxy) is 1. The highest BCUT2D eigenvalue weighted by molar-refractivity contribution is 5.68. The number of rotatable bonds is 5. The second-order valence-corrected chi connectivity index (χ2v) is 8.74. The van der Waals surface area contributed by atoms with E-state index in [0.29, 0.717) is 18.0 Å². The van der Waals surface area contributed by atoms with Crippen molar-refractivity contribution in [2.24, 2.45) is 5.92 Å². The molecule has 0 saturated heterocycles. The minimum absolute atomic E-state index is 0.0626. The van der Waals surface area contributed by atoms with E-state index in [4.69, 9.17) is 4.74 Å². The lowest BCUT2D eigenvalue weighted by atomic mass is 9.98. The molecule has 4 nitrogen and oxygen atoms in total. The van der Waals surface area contributed by atoms with Crippen LogP contribution >= 0.6 is 0 Å². The molecule has 2 aliphatic rings. The van der Waals surface area contributed by atoms with Crippen molar-refractivity contribution in [1.82, 2.24) is 10.6 Å². The van der Waals surface area contributed by atoms with Gasteiger partial charge in [0, 0.05) is 12.1 Å². The van der Waals surface area contributed by atoms with Crippen molar-refractivity contribution < 1.29 is 9.53 Å². The molecule has 2 aliphatic carbocycles. The van der Waals surface area contributed by atoms with Gasteiger partial charge in [0.2, 0.25) is 0 Å². The van der Waals surface area contributed by atoms with Crippen LogP contribution in [0.25, 0.3) is 6.08 Å². The molecular formula is C23H32N2O2. The van der Waals surface area contributed by atoms with E-state index < -0.39 is 5.60 Å². The first-order valence-corrected chi connectivity index (χ1v) is 9.97. The maximum absolute atomic E-state index is 11.9. The van der Waals surface area contributed by atoms with Crippen LogP contribution in [0.2, 0.25) is 0 Å². The lowest BCUT2D eigenvalue weighted by Crippen LogP contribution is -2.41. The minimum atomic E-state index is -0.460. The van der Waals surface area contributed by atoms with Gasteiger partial charge in [-0.1, -0.05) is 54.1 Å². The highest BCUT2D eigenvalue weighted by Gasteiger charge is 2.39. The zero-order chi connectivity index (χ0) is 19.4. The van der Waals surface area contributed by atoms with Crippen LogP contribution in [0.5, 0.6) is 0 Å². The van der Waals surface area contributed by atoms with E-state index in [1.54, 1.807) is 0 Å². The fraction of sp³-hybridized carbons (Fsp3) is 0.522. The number of hydrogen-bond acceptors (Lipinski definition) is 3. The van der Waals surface area contributed by atoms with Crippen LogP contribution in [0.4, 0.5) is 4.79 Å². The molecule has 4 unspecified atom stereocenters. The Balaban J connectivity index is 1.43. The highest BCUT2D eigenvalue weighted by Crippen LogP contribution is 2.38. The summed E-state index contributed by atoms with van der Waals surface area (Å²) < 4.78 is 5.33. The van der Waals surface area contributed by atoms with Crippen molar-refractivity contribution in [3.8, 4) is 0 Å². The molecule has 27 heavy (non-hydrogen) atoms. The van der Waals surface area contributed by atoms with Crippen LogP contribution in [0.3, 0.4) is 0 Å². The first-order valence-electron chi connectivity index (χ1n) is 9.97. The second-order valence-electron chi connectivity index (χ2n) is 8.74. The Morgan fingerprint density at radius 2 is 1.78 bits per heavy atom. The summed E-state index contributed by atoms with van der Waals surface area (Å²) >= 11 is 0. The molecule has 0 spiro atoms. The van der Waals surface area contributed by atoms with Crippen molar-refractivity contribution >= 4 is 12.2 Å². The molecule has 2 N–H and O–H groups in total. The molecule has 1 aromatic carbocycles. The zero-order valence-corrected chi connectivity index (χ0v) is 16.9. The molecule has 1 aromatic rings. The minimum Gasteiger partial charge on any atom is -0.444 e. The fourth-order valence-corrected chi connectivity index (χ4v) is 3.61. The first-order chi connectivity index (χ1) is 12.8. The summed E-state index contributed by atoms with van der Waals surface area (Å²) in [4.78, 5) is 11.9. The summed E-state index contributed by atoms with van der Waals surface area (Å²) in [5, 5.41) is 6.68. The molecule has 0 radical (unpaired) electrons. The van der Waals surface area contributed by atoms with Crippen LogP contribution in [-0.2, 0) is 4.74 Å². The van der Waals surface area contributed by atoms with Gasteiger partial charge in [0.25, 0.3) is 0 Å². The number of nitrogens with one attached hydrogen (secondary N) is 2. The predicted molar refractivity (Wildman–Crippen MR) is 110 cm³/mol. The molecule has 1 saturated carbocycles. The first kappa shape index (κ1) is 19.7. The topological polar surface area (TPSA) is 50.4 Å². The maximum atomic E-state index is 11.9. The van der Waals surface area contributed by atoms with Gasteiger partial charge in [0.15, 0.2) is 0 Å². The predicted octanol–water partition coefficient (Wildman–Crippen LogP) is 4.68. The molecule has 1 amide bonds. The molecular weight excluding hydrogens is 336 g/mol. The fourth-order valence-electron chi connectivity index (χ4n) is 3.61. The third-order valence-corrected chi connectivity index (χ3v) is 5.06. The van der Waals surface area contributed by atoms with Crippen LogP contribution in [-0.4, -0.2) is 29.8 Å². The lowest BCUT2D eigenvalue weighted by molar-refractivity contribution is 0.0510. The zero-order valence-electron chi connectivity index (χ0n) is 16.9. The van der Waals surface area contributed by atoms with Crippen molar-refractivity contribution in [3.05, 3.63) is 53.6 Å². The van der Waals surface area contributed by atoms with Crippen LogP contribution in [0, 0.1) is 5.92 Å². The Kier molecular flexibility index (Phi) is 6.05. The SMILES string of the molecule is C/C(=C\c1ccccc1)C1CC1NC1C=CC(NC(=O)OC(C)(C)C)CC1.